The van der Waals surface area contributed by atoms with Gasteiger partial charge in [-0.1, -0.05) is 13.8 Å². The van der Waals surface area contributed by atoms with Crippen LogP contribution in [0.5, 0.6) is 0 Å². The predicted molar refractivity (Wildman–Crippen MR) is 57.7 cm³/mol. The second-order valence-corrected chi connectivity index (χ2v) is 5.31. The van der Waals surface area contributed by atoms with E-state index in [1.165, 1.54) is 32.5 Å². The smallest absolute Gasteiger partial charge is 0.00327 e. The van der Waals surface area contributed by atoms with E-state index in [0.29, 0.717) is 11.5 Å². The Bertz CT molecular complexity index is 152. The van der Waals surface area contributed by atoms with Crippen LogP contribution in [0, 0.1) is 5.41 Å². The minimum Gasteiger partial charge on any atom is -0.328 e. The minimum absolute atomic E-state index is 0.352. The summed E-state index contributed by atoms with van der Waals surface area (Å²) in [5, 5.41) is 0. The average molecular weight is 184 g/mol. The molecule has 0 aliphatic carbocycles. The van der Waals surface area contributed by atoms with Gasteiger partial charge in [-0.3, -0.25) is 0 Å². The van der Waals surface area contributed by atoms with Gasteiger partial charge in [0.05, 0.1) is 0 Å². The number of hydrogen-bond donors (Lipinski definition) is 1. The molecule has 78 valence electrons. The van der Waals surface area contributed by atoms with Crippen molar-refractivity contribution in [2.45, 2.75) is 46.1 Å². The van der Waals surface area contributed by atoms with Crippen LogP contribution in [0.3, 0.4) is 0 Å². The van der Waals surface area contributed by atoms with Crippen molar-refractivity contribution in [1.82, 2.24) is 4.90 Å². The molecule has 1 rings (SSSR count). The maximum Gasteiger partial charge on any atom is 0.00327 e. The Morgan fingerprint density at radius 1 is 1.46 bits per heavy atom. The van der Waals surface area contributed by atoms with Crippen molar-refractivity contribution >= 4 is 0 Å². The first-order valence-corrected chi connectivity index (χ1v) is 5.47. The Hall–Kier alpha value is -0.0800. The van der Waals surface area contributed by atoms with Gasteiger partial charge in [-0.05, 0) is 44.7 Å². The van der Waals surface area contributed by atoms with E-state index in [-0.39, 0.29) is 0 Å². The average Bonchev–Trinajstić information content (AvgIpc) is 1.99. The highest BCUT2D eigenvalue weighted by Gasteiger charge is 2.25. The molecule has 1 aliphatic heterocycles. The lowest BCUT2D eigenvalue weighted by molar-refractivity contribution is 0.115. The fourth-order valence-electron chi connectivity index (χ4n) is 2.12. The number of rotatable bonds is 3. The fourth-order valence-corrected chi connectivity index (χ4v) is 2.12. The van der Waals surface area contributed by atoms with E-state index in [2.05, 4.69) is 25.7 Å². The van der Waals surface area contributed by atoms with Crippen LogP contribution in [-0.4, -0.2) is 30.6 Å². The molecule has 0 aromatic carbocycles. The van der Waals surface area contributed by atoms with E-state index < -0.39 is 0 Å². The molecule has 1 atom stereocenters. The molecule has 0 aromatic heterocycles. The Labute approximate surface area is 82.5 Å². The largest absolute Gasteiger partial charge is 0.328 e. The summed E-state index contributed by atoms with van der Waals surface area (Å²) in [7, 11) is 0. The van der Waals surface area contributed by atoms with E-state index >= 15 is 0 Å². The SMILES string of the molecule is CC(N)CCN1CCCC(C)(C)C1. The molecule has 2 nitrogen and oxygen atoms in total. The van der Waals surface area contributed by atoms with Crippen LogP contribution < -0.4 is 5.73 Å². The van der Waals surface area contributed by atoms with Crippen LogP contribution in [0.15, 0.2) is 0 Å². The van der Waals surface area contributed by atoms with Gasteiger partial charge in [-0.2, -0.15) is 0 Å². The molecule has 1 aliphatic rings. The Balaban J connectivity index is 2.26. The molecule has 2 heteroatoms. The number of hydrogen-bond acceptors (Lipinski definition) is 2. The zero-order chi connectivity index (χ0) is 9.90. The van der Waals surface area contributed by atoms with Crippen molar-refractivity contribution in [3.05, 3.63) is 0 Å². The van der Waals surface area contributed by atoms with Crippen LogP contribution in [-0.2, 0) is 0 Å². The van der Waals surface area contributed by atoms with Crippen LogP contribution >= 0.6 is 0 Å². The molecule has 0 amide bonds. The summed E-state index contributed by atoms with van der Waals surface area (Å²) in [5.74, 6) is 0. The van der Waals surface area contributed by atoms with Gasteiger partial charge in [0, 0.05) is 12.6 Å². The highest BCUT2D eigenvalue weighted by Crippen LogP contribution is 2.28. The van der Waals surface area contributed by atoms with Crippen molar-refractivity contribution < 1.29 is 0 Å². The summed E-state index contributed by atoms with van der Waals surface area (Å²) >= 11 is 0. The highest BCUT2D eigenvalue weighted by molar-refractivity contribution is 4.79. The van der Waals surface area contributed by atoms with E-state index in [4.69, 9.17) is 5.73 Å². The molecule has 0 saturated carbocycles. The number of piperidine rings is 1. The molecule has 13 heavy (non-hydrogen) atoms. The van der Waals surface area contributed by atoms with Crippen LogP contribution in [0.1, 0.15) is 40.0 Å². The Morgan fingerprint density at radius 3 is 2.69 bits per heavy atom. The van der Waals surface area contributed by atoms with Crippen molar-refractivity contribution in [2.24, 2.45) is 11.1 Å². The Kier molecular flexibility index (Phi) is 3.74. The molecule has 0 spiro atoms. The van der Waals surface area contributed by atoms with Gasteiger partial charge >= 0.3 is 0 Å². The lowest BCUT2D eigenvalue weighted by atomic mass is 9.84. The van der Waals surface area contributed by atoms with E-state index in [0.717, 1.165) is 6.42 Å². The zero-order valence-electron chi connectivity index (χ0n) is 9.34. The second kappa shape index (κ2) is 4.43. The normalized spacial score (nSPS) is 25.8. The monoisotopic (exact) mass is 184 g/mol. The lowest BCUT2D eigenvalue weighted by Crippen LogP contribution is -2.41. The second-order valence-electron chi connectivity index (χ2n) is 5.31. The number of nitrogens with two attached hydrogens (primary N) is 1. The molecule has 1 unspecified atom stereocenters. The third-order valence-corrected chi connectivity index (χ3v) is 2.88. The molecular formula is C11H24N2. The van der Waals surface area contributed by atoms with Gasteiger partial charge in [0.1, 0.15) is 0 Å². The van der Waals surface area contributed by atoms with E-state index in [1.807, 2.05) is 0 Å². The van der Waals surface area contributed by atoms with Crippen LogP contribution in [0.4, 0.5) is 0 Å². The summed E-state index contributed by atoms with van der Waals surface area (Å²) in [6.45, 7) is 10.5. The van der Waals surface area contributed by atoms with Gasteiger partial charge in [-0.25, -0.2) is 0 Å². The van der Waals surface area contributed by atoms with Gasteiger partial charge < -0.3 is 10.6 Å². The topological polar surface area (TPSA) is 29.3 Å². The van der Waals surface area contributed by atoms with Crippen molar-refractivity contribution in [1.29, 1.82) is 0 Å². The maximum atomic E-state index is 5.75. The van der Waals surface area contributed by atoms with Crippen molar-refractivity contribution in [3.63, 3.8) is 0 Å². The quantitative estimate of drug-likeness (QED) is 0.725. The molecule has 1 saturated heterocycles. The minimum atomic E-state index is 0.352. The summed E-state index contributed by atoms with van der Waals surface area (Å²) in [6.07, 6.45) is 3.86. The molecular weight excluding hydrogens is 160 g/mol. The van der Waals surface area contributed by atoms with Crippen molar-refractivity contribution in [3.8, 4) is 0 Å². The fraction of sp³-hybridized carbons (Fsp3) is 1.00. The maximum absolute atomic E-state index is 5.75. The van der Waals surface area contributed by atoms with Crippen LogP contribution in [0.2, 0.25) is 0 Å². The first-order chi connectivity index (χ1) is 5.99. The molecule has 1 fully saturated rings. The summed E-state index contributed by atoms with van der Waals surface area (Å²) in [4.78, 5) is 2.56. The predicted octanol–water partition coefficient (Wildman–Crippen LogP) is 1.85. The number of nitrogens with zero attached hydrogens (tertiary/aromatic N) is 1. The molecule has 1 heterocycles. The summed E-state index contributed by atoms with van der Waals surface area (Å²) in [5.41, 5.74) is 6.27. The lowest BCUT2D eigenvalue weighted by Gasteiger charge is -2.38. The number of likely N-dealkylation sites (tertiary alicyclic amines) is 1. The molecule has 0 aromatic rings. The first kappa shape index (κ1) is 11.0. The third kappa shape index (κ3) is 4.10. The summed E-state index contributed by atoms with van der Waals surface area (Å²) < 4.78 is 0. The van der Waals surface area contributed by atoms with E-state index in [1.54, 1.807) is 0 Å². The van der Waals surface area contributed by atoms with Crippen LogP contribution in [0.25, 0.3) is 0 Å². The van der Waals surface area contributed by atoms with Gasteiger partial charge in [0.15, 0.2) is 0 Å². The van der Waals surface area contributed by atoms with Gasteiger partial charge in [0.25, 0.3) is 0 Å². The first-order valence-electron chi connectivity index (χ1n) is 5.47. The molecule has 0 radical (unpaired) electrons. The van der Waals surface area contributed by atoms with Gasteiger partial charge in [-0.15, -0.1) is 0 Å². The zero-order valence-corrected chi connectivity index (χ0v) is 9.34. The van der Waals surface area contributed by atoms with Crippen molar-refractivity contribution in [2.75, 3.05) is 19.6 Å². The van der Waals surface area contributed by atoms with E-state index in [9.17, 15) is 0 Å². The molecule has 2 N–H and O–H groups in total. The molecule has 0 bridgehead atoms. The Morgan fingerprint density at radius 2 is 2.15 bits per heavy atom. The standard InChI is InChI=1S/C11H24N2/c1-10(12)5-8-13-7-4-6-11(2,3)9-13/h10H,4-9,12H2,1-3H3. The third-order valence-electron chi connectivity index (χ3n) is 2.88. The summed E-state index contributed by atoms with van der Waals surface area (Å²) in [6, 6.07) is 0.352. The highest BCUT2D eigenvalue weighted by atomic mass is 15.1. The van der Waals surface area contributed by atoms with Gasteiger partial charge in [0.2, 0.25) is 0 Å².